The normalized spacial score (nSPS) is 17.7. The Balaban J connectivity index is 1.48. The second-order valence-electron chi connectivity index (χ2n) is 6.38. The Kier molecular flexibility index (Phi) is 4.94. The summed E-state index contributed by atoms with van der Waals surface area (Å²) in [6.45, 7) is 4.16. The SMILES string of the molecule is Cc1c(CNC2CC(=O)N(CCc3ccc(F)cc3)C2)cnn1C. The zero-order valence-corrected chi connectivity index (χ0v) is 14.1. The van der Waals surface area contributed by atoms with E-state index in [-0.39, 0.29) is 17.8 Å². The zero-order valence-electron chi connectivity index (χ0n) is 14.1. The standard InChI is InChI=1S/C18H23FN4O/c1-13-15(11-21-22(13)2)10-20-17-9-18(24)23(12-17)8-7-14-3-5-16(19)6-4-14/h3-6,11,17,20H,7-10,12H2,1-2H3. The van der Waals surface area contributed by atoms with Crippen molar-refractivity contribution < 1.29 is 9.18 Å². The van der Waals surface area contributed by atoms with Crippen LogP contribution in [0, 0.1) is 12.7 Å². The fourth-order valence-corrected chi connectivity index (χ4v) is 3.01. The number of carbonyl (C=O) groups excluding carboxylic acids is 1. The van der Waals surface area contributed by atoms with Gasteiger partial charge in [-0.15, -0.1) is 0 Å². The summed E-state index contributed by atoms with van der Waals surface area (Å²) in [5.74, 6) is -0.0523. The van der Waals surface area contributed by atoms with Crippen molar-refractivity contribution in [3.63, 3.8) is 0 Å². The van der Waals surface area contributed by atoms with E-state index in [9.17, 15) is 9.18 Å². The van der Waals surface area contributed by atoms with Gasteiger partial charge in [0.05, 0.1) is 6.20 Å². The van der Waals surface area contributed by atoms with Crippen LogP contribution in [0.5, 0.6) is 0 Å². The summed E-state index contributed by atoms with van der Waals surface area (Å²) >= 11 is 0. The van der Waals surface area contributed by atoms with Gasteiger partial charge in [-0.2, -0.15) is 5.10 Å². The predicted molar refractivity (Wildman–Crippen MR) is 89.9 cm³/mol. The van der Waals surface area contributed by atoms with Crippen LogP contribution in [0.2, 0.25) is 0 Å². The molecule has 0 saturated carbocycles. The van der Waals surface area contributed by atoms with Gasteiger partial charge >= 0.3 is 0 Å². The molecule has 0 spiro atoms. The number of benzene rings is 1. The third-order valence-corrected chi connectivity index (χ3v) is 4.72. The fourth-order valence-electron chi connectivity index (χ4n) is 3.01. The molecule has 2 aromatic rings. The van der Waals surface area contributed by atoms with Gasteiger partial charge in [0.15, 0.2) is 0 Å². The smallest absolute Gasteiger partial charge is 0.224 e. The fraction of sp³-hybridized carbons (Fsp3) is 0.444. The molecule has 0 aliphatic carbocycles. The van der Waals surface area contributed by atoms with Gasteiger partial charge in [0, 0.05) is 50.4 Å². The van der Waals surface area contributed by atoms with Crippen LogP contribution in [0.15, 0.2) is 30.5 Å². The number of hydrogen-bond donors (Lipinski definition) is 1. The monoisotopic (exact) mass is 330 g/mol. The third kappa shape index (κ3) is 3.82. The quantitative estimate of drug-likeness (QED) is 0.879. The van der Waals surface area contributed by atoms with E-state index in [1.807, 2.05) is 29.7 Å². The van der Waals surface area contributed by atoms with Crippen LogP contribution in [0.25, 0.3) is 0 Å². The predicted octanol–water partition coefficient (Wildman–Crippen LogP) is 1.80. The number of hydrogen-bond acceptors (Lipinski definition) is 3. The number of aryl methyl sites for hydroxylation is 1. The van der Waals surface area contributed by atoms with Gasteiger partial charge in [0.1, 0.15) is 5.82 Å². The molecule has 1 unspecified atom stereocenters. The van der Waals surface area contributed by atoms with Crippen LogP contribution in [0.1, 0.15) is 23.2 Å². The van der Waals surface area contributed by atoms with Crippen molar-refractivity contribution in [1.29, 1.82) is 0 Å². The molecule has 1 N–H and O–H groups in total. The van der Waals surface area contributed by atoms with E-state index < -0.39 is 0 Å². The number of carbonyl (C=O) groups is 1. The Hall–Kier alpha value is -2.21. The number of rotatable bonds is 6. The van der Waals surface area contributed by atoms with E-state index in [1.54, 1.807) is 12.1 Å². The van der Waals surface area contributed by atoms with Crippen molar-refractivity contribution in [3.05, 3.63) is 53.1 Å². The molecule has 1 aromatic carbocycles. The molecule has 0 bridgehead atoms. The minimum atomic E-state index is -0.231. The van der Waals surface area contributed by atoms with E-state index in [2.05, 4.69) is 10.4 Å². The van der Waals surface area contributed by atoms with Crippen LogP contribution < -0.4 is 5.32 Å². The lowest BCUT2D eigenvalue weighted by molar-refractivity contribution is -0.127. The van der Waals surface area contributed by atoms with Gasteiger partial charge in [-0.1, -0.05) is 12.1 Å². The van der Waals surface area contributed by atoms with Gasteiger partial charge in [-0.25, -0.2) is 4.39 Å². The van der Waals surface area contributed by atoms with Gasteiger partial charge in [-0.3, -0.25) is 9.48 Å². The van der Waals surface area contributed by atoms with E-state index in [0.717, 1.165) is 36.3 Å². The van der Waals surface area contributed by atoms with Crippen LogP contribution in [-0.4, -0.2) is 39.7 Å². The first-order valence-electron chi connectivity index (χ1n) is 8.26. The molecule has 24 heavy (non-hydrogen) atoms. The number of nitrogens with one attached hydrogen (secondary N) is 1. The molecule has 1 aliphatic rings. The second kappa shape index (κ2) is 7.13. The molecule has 0 radical (unpaired) electrons. The number of likely N-dealkylation sites (tertiary alicyclic amines) is 1. The molecule has 2 heterocycles. The highest BCUT2D eigenvalue weighted by molar-refractivity contribution is 5.79. The summed E-state index contributed by atoms with van der Waals surface area (Å²) in [5.41, 5.74) is 3.35. The minimum absolute atomic E-state index is 0.172. The maximum Gasteiger partial charge on any atom is 0.224 e. The minimum Gasteiger partial charge on any atom is -0.341 e. The summed E-state index contributed by atoms with van der Waals surface area (Å²) in [4.78, 5) is 14.0. The highest BCUT2D eigenvalue weighted by Gasteiger charge is 2.28. The first-order chi connectivity index (χ1) is 11.5. The van der Waals surface area contributed by atoms with Crippen molar-refractivity contribution >= 4 is 5.91 Å². The summed E-state index contributed by atoms with van der Waals surface area (Å²) in [6.07, 6.45) is 3.15. The van der Waals surface area contributed by atoms with Crippen molar-refractivity contribution in [1.82, 2.24) is 20.0 Å². The Morgan fingerprint density at radius 3 is 2.75 bits per heavy atom. The van der Waals surface area contributed by atoms with Gasteiger partial charge < -0.3 is 10.2 Å². The van der Waals surface area contributed by atoms with Crippen molar-refractivity contribution in [2.45, 2.75) is 32.4 Å². The molecule has 5 nitrogen and oxygen atoms in total. The lowest BCUT2D eigenvalue weighted by atomic mass is 10.1. The molecule has 1 aliphatic heterocycles. The molecule has 1 atom stereocenters. The van der Waals surface area contributed by atoms with Gasteiger partial charge in [0.2, 0.25) is 5.91 Å². The average molecular weight is 330 g/mol. The van der Waals surface area contributed by atoms with Crippen LogP contribution in [-0.2, 0) is 24.8 Å². The first kappa shape index (κ1) is 16.6. The summed E-state index contributed by atoms with van der Waals surface area (Å²) in [6, 6.07) is 6.64. The van der Waals surface area contributed by atoms with Gasteiger partial charge in [0.25, 0.3) is 0 Å². The van der Waals surface area contributed by atoms with Crippen LogP contribution >= 0.6 is 0 Å². The third-order valence-electron chi connectivity index (χ3n) is 4.72. The largest absolute Gasteiger partial charge is 0.341 e. The first-order valence-corrected chi connectivity index (χ1v) is 8.26. The number of amides is 1. The zero-order chi connectivity index (χ0) is 17.1. The summed E-state index contributed by atoms with van der Waals surface area (Å²) in [7, 11) is 1.93. The molecule has 3 rings (SSSR count). The lowest BCUT2D eigenvalue weighted by Crippen LogP contribution is -2.33. The molecular formula is C18H23FN4O. The maximum absolute atomic E-state index is 12.9. The Morgan fingerprint density at radius 1 is 1.33 bits per heavy atom. The van der Waals surface area contributed by atoms with Crippen molar-refractivity contribution in [2.24, 2.45) is 7.05 Å². The molecule has 6 heteroatoms. The molecular weight excluding hydrogens is 307 g/mol. The van der Waals surface area contributed by atoms with E-state index in [4.69, 9.17) is 0 Å². The maximum atomic E-state index is 12.9. The molecule has 1 aromatic heterocycles. The summed E-state index contributed by atoms with van der Waals surface area (Å²) < 4.78 is 14.8. The van der Waals surface area contributed by atoms with Crippen molar-refractivity contribution in [3.8, 4) is 0 Å². The lowest BCUT2D eigenvalue weighted by Gasteiger charge is -2.17. The van der Waals surface area contributed by atoms with E-state index in [1.165, 1.54) is 12.1 Å². The topological polar surface area (TPSA) is 50.2 Å². The Morgan fingerprint density at radius 2 is 2.08 bits per heavy atom. The molecule has 128 valence electrons. The van der Waals surface area contributed by atoms with E-state index in [0.29, 0.717) is 13.0 Å². The highest BCUT2D eigenvalue weighted by atomic mass is 19.1. The van der Waals surface area contributed by atoms with Crippen molar-refractivity contribution in [2.75, 3.05) is 13.1 Å². The Bertz CT molecular complexity index is 710. The van der Waals surface area contributed by atoms with Gasteiger partial charge in [-0.05, 0) is 31.0 Å². The highest BCUT2D eigenvalue weighted by Crippen LogP contribution is 2.14. The van der Waals surface area contributed by atoms with Crippen LogP contribution in [0.3, 0.4) is 0 Å². The Labute approximate surface area is 141 Å². The number of nitrogens with zero attached hydrogens (tertiary/aromatic N) is 3. The number of halogens is 1. The molecule has 1 saturated heterocycles. The van der Waals surface area contributed by atoms with Crippen LogP contribution in [0.4, 0.5) is 4.39 Å². The average Bonchev–Trinajstić information content (AvgIpc) is 3.08. The second-order valence-corrected chi connectivity index (χ2v) is 6.38. The van der Waals surface area contributed by atoms with E-state index >= 15 is 0 Å². The molecule has 1 fully saturated rings. The molecule has 1 amide bonds. The number of aromatic nitrogens is 2. The summed E-state index contributed by atoms with van der Waals surface area (Å²) in [5, 5.41) is 7.69.